The molecule has 0 saturated carbocycles. The molecule has 0 atom stereocenters. The van der Waals surface area contributed by atoms with Gasteiger partial charge in [-0.3, -0.25) is 19.7 Å². The first-order valence-electron chi connectivity index (χ1n) is 9.75. The van der Waals surface area contributed by atoms with Crippen LogP contribution in [0.5, 0.6) is 0 Å². The van der Waals surface area contributed by atoms with Crippen molar-refractivity contribution in [3.05, 3.63) is 112 Å². The summed E-state index contributed by atoms with van der Waals surface area (Å²) >= 11 is 0. The summed E-state index contributed by atoms with van der Waals surface area (Å²) in [5, 5.41) is 11.0. The fourth-order valence-electron chi connectivity index (χ4n) is 3.64. The number of nitrogens with zero attached hydrogens (tertiary/aromatic N) is 3. The van der Waals surface area contributed by atoms with E-state index < -0.39 is 22.6 Å². The van der Waals surface area contributed by atoms with E-state index in [2.05, 4.69) is 0 Å². The largest absolute Gasteiger partial charge is 0.365 e. The number of carbonyl (C=O) groups is 2. The van der Waals surface area contributed by atoms with Crippen molar-refractivity contribution in [1.82, 2.24) is 4.90 Å². The normalized spacial score (nSPS) is 13.6. The molecule has 3 aromatic rings. The minimum atomic E-state index is -0.578. The maximum atomic E-state index is 13.4. The predicted molar refractivity (Wildman–Crippen MR) is 117 cm³/mol. The first kappa shape index (κ1) is 20.9. The molecule has 4 rings (SSSR count). The summed E-state index contributed by atoms with van der Waals surface area (Å²) in [5.41, 5.74) is 1.73. The van der Waals surface area contributed by atoms with Crippen LogP contribution in [0.4, 0.5) is 15.8 Å². The Kier molecular flexibility index (Phi) is 5.51. The fraction of sp³-hybridized carbons (Fsp3) is 0.0833. The number of nitro groups is 1. The van der Waals surface area contributed by atoms with Crippen molar-refractivity contribution in [3.8, 4) is 0 Å². The zero-order valence-electron chi connectivity index (χ0n) is 17.1. The van der Waals surface area contributed by atoms with Crippen LogP contribution in [0.1, 0.15) is 11.1 Å². The van der Waals surface area contributed by atoms with Crippen molar-refractivity contribution in [2.24, 2.45) is 0 Å². The van der Waals surface area contributed by atoms with E-state index in [1.54, 1.807) is 11.9 Å². The highest BCUT2D eigenvalue weighted by Crippen LogP contribution is 2.35. The summed E-state index contributed by atoms with van der Waals surface area (Å²) in [7, 11) is 1.70. The number of hydrogen-bond donors (Lipinski definition) is 0. The number of nitro benzene ring substituents is 1. The number of likely N-dealkylation sites (N-methyl/N-ethyl adjacent to an activating group) is 1. The van der Waals surface area contributed by atoms with Gasteiger partial charge in [0.2, 0.25) is 0 Å². The summed E-state index contributed by atoms with van der Waals surface area (Å²) in [6, 6.07) is 20.0. The van der Waals surface area contributed by atoms with Crippen molar-refractivity contribution < 1.29 is 18.9 Å². The molecular formula is C24H18FN3O4. The average Bonchev–Trinajstić information content (AvgIpc) is 3.05. The highest BCUT2D eigenvalue weighted by atomic mass is 19.1. The molecule has 32 heavy (non-hydrogen) atoms. The van der Waals surface area contributed by atoms with E-state index in [-0.39, 0.29) is 22.6 Å². The van der Waals surface area contributed by atoms with Crippen molar-refractivity contribution >= 4 is 28.8 Å². The smallest absolute Gasteiger partial charge is 0.282 e. The molecule has 3 aromatic carbocycles. The van der Waals surface area contributed by atoms with Gasteiger partial charge in [-0.15, -0.1) is 0 Å². The summed E-state index contributed by atoms with van der Waals surface area (Å²) in [6.45, 7) is 0.364. The molecule has 0 saturated heterocycles. The van der Waals surface area contributed by atoms with Gasteiger partial charge in [-0.05, 0) is 47.5 Å². The molecule has 1 aliphatic heterocycles. The molecule has 0 spiro atoms. The van der Waals surface area contributed by atoms with Crippen LogP contribution in [-0.4, -0.2) is 28.7 Å². The molecule has 7 nitrogen and oxygen atoms in total. The highest BCUT2D eigenvalue weighted by Gasteiger charge is 2.41. The first-order valence-corrected chi connectivity index (χ1v) is 9.75. The van der Waals surface area contributed by atoms with Gasteiger partial charge < -0.3 is 4.90 Å². The summed E-state index contributed by atoms with van der Waals surface area (Å²) in [5.74, 6) is -1.61. The van der Waals surface area contributed by atoms with E-state index in [0.29, 0.717) is 12.1 Å². The Morgan fingerprint density at radius 2 is 1.53 bits per heavy atom. The summed E-state index contributed by atoms with van der Waals surface area (Å²) in [6.07, 6.45) is 0. The summed E-state index contributed by atoms with van der Waals surface area (Å²) in [4.78, 5) is 39.9. The molecule has 1 aliphatic rings. The van der Waals surface area contributed by atoms with E-state index in [4.69, 9.17) is 0 Å². The Morgan fingerprint density at radius 3 is 2.12 bits per heavy atom. The second-order valence-electron chi connectivity index (χ2n) is 7.29. The van der Waals surface area contributed by atoms with Gasteiger partial charge in [0.05, 0.1) is 16.2 Å². The zero-order chi connectivity index (χ0) is 22.8. The molecule has 8 heteroatoms. The SMILES string of the molecule is CN(Cc1ccccc1)C1=C(c2ccc([N+](=O)[O-])cc2)C(=O)N(c2ccc(F)cc2)C1=O. The van der Waals surface area contributed by atoms with Crippen molar-refractivity contribution in [2.75, 3.05) is 11.9 Å². The molecule has 0 fully saturated rings. The van der Waals surface area contributed by atoms with Crippen LogP contribution in [0, 0.1) is 15.9 Å². The van der Waals surface area contributed by atoms with Crippen LogP contribution in [0.25, 0.3) is 5.57 Å². The number of amides is 2. The van der Waals surface area contributed by atoms with E-state index in [0.717, 1.165) is 10.5 Å². The lowest BCUT2D eigenvalue weighted by molar-refractivity contribution is -0.384. The maximum Gasteiger partial charge on any atom is 0.282 e. The van der Waals surface area contributed by atoms with Crippen molar-refractivity contribution in [2.45, 2.75) is 6.54 Å². The average molecular weight is 431 g/mol. The van der Waals surface area contributed by atoms with Crippen LogP contribution < -0.4 is 4.90 Å². The van der Waals surface area contributed by atoms with Crippen LogP contribution in [0.3, 0.4) is 0 Å². The minimum absolute atomic E-state index is 0.124. The Balaban J connectivity index is 1.79. The van der Waals surface area contributed by atoms with Crippen molar-refractivity contribution in [3.63, 3.8) is 0 Å². The second kappa shape index (κ2) is 8.43. The molecule has 1 heterocycles. The molecule has 0 aliphatic carbocycles. The predicted octanol–water partition coefficient (Wildman–Crippen LogP) is 4.15. The Hall–Kier alpha value is -4.33. The van der Waals surface area contributed by atoms with Crippen LogP contribution in [-0.2, 0) is 16.1 Å². The number of benzene rings is 3. The molecule has 0 N–H and O–H groups in total. The van der Waals surface area contributed by atoms with Gasteiger partial charge in [0.15, 0.2) is 0 Å². The molecule has 2 amide bonds. The molecule has 0 aromatic heterocycles. The van der Waals surface area contributed by atoms with Crippen LogP contribution >= 0.6 is 0 Å². The third kappa shape index (κ3) is 3.85. The molecule has 160 valence electrons. The third-order valence-electron chi connectivity index (χ3n) is 5.16. The zero-order valence-corrected chi connectivity index (χ0v) is 17.1. The Bertz CT molecular complexity index is 1220. The highest BCUT2D eigenvalue weighted by molar-refractivity contribution is 6.45. The molecule has 0 unspecified atom stereocenters. The topological polar surface area (TPSA) is 83.8 Å². The van der Waals surface area contributed by atoms with Gasteiger partial charge in [0.25, 0.3) is 17.5 Å². The van der Waals surface area contributed by atoms with Crippen LogP contribution in [0.15, 0.2) is 84.6 Å². The number of rotatable bonds is 6. The number of halogens is 1. The number of non-ortho nitro benzene ring substituents is 1. The Morgan fingerprint density at radius 1 is 0.906 bits per heavy atom. The molecule has 0 radical (unpaired) electrons. The number of anilines is 1. The lowest BCUT2D eigenvalue weighted by Gasteiger charge is -2.21. The van der Waals surface area contributed by atoms with E-state index in [9.17, 15) is 24.1 Å². The van der Waals surface area contributed by atoms with Gasteiger partial charge in [-0.2, -0.15) is 0 Å². The number of imide groups is 1. The van der Waals surface area contributed by atoms with Gasteiger partial charge in [0.1, 0.15) is 11.5 Å². The molecular weight excluding hydrogens is 413 g/mol. The minimum Gasteiger partial charge on any atom is -0.365 e. The lowest BCUT2D eigenvalue weighted by atomic mass is 10.0. The van der Waals surface area contributed by atoms with Gasteiger partial charge in [-0.1, -0.05) is 30.3 Å². The lowest BCUT2D eigenvalue weighted by Crippen LogP contribution is -2.34. The van der Waals surface area contributed by atoms with Crippen LogP contribution in [0.2, 0.25) is 0 Å². The number of hydrogen-bond acceptors (Lipinski definition) is 5. The van der Waals surface area contributed by atoms with E-state index in [1.807, 2.05) is 30.3 Å². The fourth-order valence-corrected chi connectivity index (χ4v) is 3.64. The third-order valence-corrected chi connectivity index (χ3v) is 5.16. The van der Waals surface area contributed by atoms with Gasteiger partial charge in [0, 0.05) is 25.7 Å². The second-order valence-corrected chi connectivity index (χ2v) is 7.29. The Labute approximate surface area is 183 Å². The number of carbonyl (C=O) groups excluding carboxylic acids is 2. The maximum absolute atomic E-state index is 13.4. The quantitative estimate of drug-likeness (QED) is 0.333. The van der Waals surface area contributed by atoms with E-state index >= 15 is 0 Å². The first-order chi connectivity index (χ1) is 15.4. The van der Waals surface area contributed by atoms with Gasteiger partial charge in [-0.25, -0.2) is 9.29 Å². The van der Waals surface area contributed by atoms with Crippen molar-refractivity contribution in [1.29, 1.82) is 0 Å². The monoisotopic (exact) mass is 431 g/mol. The van der Waals surface area contributed by atoms with Gasteiger partial charge >= 0.3 is 0 Å². The standard InChI is InChI=1S/C24H18FN3O4/c1-26(15-16-5-3-2-4-6-16)22-21(17-7-11-20(12-8-17)28(31)32)23(29)27(24(22)30)19-13-9-18(25)10-14-19/h2-14H,15H2,1H3. The summed E-state index contributed by atoms with van der Waals surface area (Å²) < 4.78 is 13.4. The van der Waals surface area contributed by atoms with E-state index in [1.165, 1.54) is 48.5 Å². The molecule has 0 bridgehead atoms.